The van der Waals surface area contributed by atoms with Gasteiger partial charge in [0.1, 0.15) is 0 Å². The smallest absolute Gasteiger partial charge is 0.320 e. The van der Waals surface area contributed by atoms with E-state index in [4.69, 9.17) is 0 Å². The summed E-state index contributed by atoms with van der Waals surface area (Å²) in [5, 5.41) is 20.0. The van der Waals surface area contributed by atoms with Crippen molar-refractivity contribution in [3.05, 3.63) is 77.7 Å². The zero-order valence-corrected chi connectivity index (χ0v) is 17.0. The third-order valence-corrected chi connectivity index (χ3v) is 4.55. The molecule has 0 bridgehead atoms. The van der Waals surface area contributed by atoms with Crippen molar-refractivity contribution >= 4 is 11.8 Å². The first kappa shape index (κ1) is 20.5. The van der Waals surface area contributed by atoms with Crippen molar-refractivity contribution in [2.75, 3.05) is 11.9 Å². The van der Waals surface area contributed by atoms with Crippen LogP contribution >= 0.6 is 0 Å². The molecular weight excluding hydrogens is 366 g/mol. The molecular formula is C22H27N5O2. The number of aromatic nitrogens is 3. The van der Waals surface area contributed by atoms with Gasteiger partial charge in [0, 0.05) is 25.0 Å². The van der Waals surface area contributed by atoms with Crippen molar-refractivity contribution in [3.8, 4) is 0 Å². The van der Waals surface area contributed by atoms with Crippen molar-refractivity contribution in [1.82, 2.24) is 20.1 Å². The summed E-state index contributed by atoms with van der Waals surface area (Å²) in [5.74, 6) is 0.433. The summed E-state index contributed by atoms with van der Waals surface area (Å²) in [5.41, 5.74) is 2.90. The van der Waals surface area contributed by atoms with Gasteiger partial charge in [0.15, 0.2) is 5.82 Å². The number of hydrogen-bond acceptors (Lipinski definition) is 4. The highest BCUT2D eigenvalue weighted by atomic mass is 16.3. The largest absolute Gasteiger partial charge is 0.387 e. The van der Waals surface area contributed by atoms with Gasteiger partial charge in [-0.3, -0.25) is 15.0 Å². The van der Waals surface area contributed by atoms with Crippen LogP contribution in [0.4, 0.5) is 10.6 Å². The van der Waals surface area contributed by atoms with Crippen LogP contribution in [-0.4, -0.2) is 32.4 Å². The molecule has 7 heteroatoms. The van der Waals surface area contributed by atoms with Crippen molar-refractivity contribution in [1.29, 1.82) is 0 Å². The molecule has 0 radical (unpaired) electrons. The van der Waals surface area contributed by atoms with E-state index in [0.29, 0.717) is 12.4 Å². The Morgan fingerprint density at radius 1 is 1.14 bits per heavy atom. The van der Waals surface area contributed by atoms with Crippen molar-refractivity contribution in [2.45, 2.75) is 38.8 Å². The molecule has 3 N–H and O–H groups in total. The predicted molar refractivity (Wildman–Crippen MR) is 113 cm³/mol. The maximum Gasteiger partial charge on any atom is 0.320 e. The predicted octanol–water partition coefficient (Wildman–Crippen LogP) is 3.48. The molecule has 0 spiro atoms. The van der Waals surface area contributed by atoms with Crippen LogP contribution in [0.1, 0.15) is 43.7 Å². The summed E-state index contributed by atoms with van der Waals surface area (Å²) >= 11 is 0. The fourth-order valence-corrected chi connectivity index (χ4v) is 2.85. The lowest BCUT2D eigenvalue weighted by atomic mass is 9.86. The van der Waals surface area contributed by atoms with Crippen LogP contribution in [0, 0.1) is 0 Å². The molecule has 0 saturated carbocycles. The van der Waals surface area contributed by atoms with Crippen LogP contribution in [-0.2, 0) is 12.0 Å². The van der Waals surface area contributed by atoms with E-state index < -0.39 is 12.1 Å². The van der Waals surface area contributed by atoms with E-state index in [0.717, 1.165) is 11.3 Å². The minimum atomic E-state index is -0.781. The van der Waals surface area contributed by atoms with Crippen LogP contribution in [0.3, 0.4) is 0 Å². The lowest BCUT2D eigenvalue weighted by Gasteiger charge is -2.20. The van der Waals surface area contributed by atoms with Gasteiger partial charge in [-0.15, -0.1) is 0 Å². The van der Waals surface area contributed by atoms with Crippen molar-refractivity contribution in [2.24, 2.45) is 0 Å². The van der Waals surface area contributed by atoms with Crippen molar-refractivity contribution < 1.29 is 9.90 Å². The molecule has 3 rings (SSSR count). The molecule has 3 aromatic rings. The number of amides is 2. The topological polar surface area (TPSA) is 92.1 Å². The van der Waals surface area contributed by atoms with Gasteiger partial charge >= 0.3 is 6.03 Å². The molecule has 0 aliphatic rings. The minimum absolute atomic E-state index is 0.0571. The monoisotopic (exact) mass is 393 g/mol. The highest BCUT2D eigenvalue weighted by Gasteiger charge is 2.15. The lowest BCUT2D eigenvalue weighted by molar-refractivity contribution is 0.175. The molecule has 0 fully saturated rings. The van der Waals surface area contributed by atoms with Crippen LogP contribution in [0.2, 0.25) is 0 Å². The quantitative estimate of drug-likeness (QED) is 0.598. The van der Waals surface area contributed by atoms with Gasteiger partial charge in [-0.25, -0.2) is 4.79 Å². The van der Waals surface area contributed by atoms with Crippen LogP contribution in [0.5, 0.6) is 0 Å². The zero-order chi connectivity index (χ0) is 20.9. The van der Waals surface area contributed by atoms with Gasteiger partial charge < -0.3 is 10.4 Å². The SMILES string of the molecule is CC(C)(C)c1ccc(C(O)CNC(=O)Nc2ccn(Cc3ccccn3)n2)cc1. The number of urea groups is 1. The number of aliphatic hydroxyl groups excluding tert-OH is 1. The molecule has 152 valence electrons. The fraction of sp³-hybridized carbons (Fsp3) is 0.318. The number of benzene rings is 1. The second-order valence-electron chi connectivity index (χ2n) is 7.94. The third-order valence-electron chi connectivity index (χ3n) is 4.55. The van der Waals surface area contributed by atoms with E-state index in [1.807, 2.05) is 42.5 Å². The summed E-state index contributed by atoms with van der Waals surface area (Å²) in [6.45, 7) is 7.05. The number of nitrogens with one attached hydrogen (secondary N) is 2. The summed E-state index contributed by atoms with van der Waals surface area (Å²) in [6.07, 6.45) is 2.72. The minimum Gasteiger partial charge on any atom is -0.387 e. The van der Waals surface area contributed by atoms with E-state index in [1.165, 1.54) is 5.56 Å². The number of hydrogen-bond donors (Lipinski definition) is 3. The van der Waals surface area contributed by atoms with Gasteiger partial charge in [0.2, 0.25) is 0 Å². The summed E-state index contributed by atoms with van der Waals surface area (Å²) in [7, 11) is 0. The number of aliphatic hydroxyl groups is 1. The molecule has 2 aromatic heterocycles. The van der Waals surface area contributed by atoms with E-state index in [2.05, 4.69) is 41.5 Å². The first-order valence-corrected chi connectivity index (χ1v) is 9.58. The fourth-order valence-electron chi connectivity index (χ4n) is 2.85. The first-order chi connectivity index (χ1) is 13.8. The Bertz CT molecular complexity index is 930. The maximum atomic E-state index is 12.1. The van der Waals surface area contributed by atoms with E-state index >= 15 is 0 Å². The van der Waals surface area contributed by atoms with Gasteiger partial charge in [0.05, 0.1) is 18.3 Å². The average Bonchev–Trinajstić information content (AvgIpc) is 3.13. The Balaban J connectivity index is 1.48. The van der Waals surface area contributed by atoms with Gasteiger partial charge in [-0.05, 0) is 28.7 Å². The molecule has 1 atom stereocenters. The third kappa shape index (κ3) is 5.89. The zero-order valence-electron chi connectivity index (χ0n) is 17.0. The Hall–Kier alpha value is -3.19. The molecule has 0 saturated heterocycles. The number of nitrogens with zero attached hydrogens (tertiary/aromatic N) is 3. The number of carbonyl (C=O) groups excluding carboxylic acids is 1. The molecule has 2 heterocycles. The summed E-state index contributed by atoms with van der Waals surface area (Å²) in [6, 6.07) is 14.8. The molecule has 7 nitrogen and oxygen atoms in total. The molecule has 29 heavy (non-hydrogen) atoms. The Morgan fingerprint density at radius 2 is 1.90 bits per heavy atom. The van der Waals surface area contributed by atoms with Crippen LogP contribution < -0.4 is 10.6 Å². The normalized spacial score (nSPS) is 12.4. The number of anilines is 1. The Labute approximate surface area is 170 Å². The highest BCUT2D eigenvalue weighted by molar-refractivity contribution is 5.88. The second-order valence-corrected chi connectivity index (χ2v) is 7.94. The summed E-state index contributed by atoms with van der Waals surface area (Å²) < 4.78 is 1.70. The average molecular weight is 393 g/mol. The Morgan fingerprint density at radius 3 is 2.55 bits per heavy atom. The summed E-state index contributed by atoms with van der Waals surface area (Å²) in [4.78, 5) is 16.4. The molecule has 1 aromatic carbocycles. The van der Waals surface area contributed by atoms with E-state index in [-0.39, 0.29) is 12.0 Å². The molecule has 1 unspecified atom stereocenters. The maximum absolute atomic E-state index is 12.1. The van der Waals surface area contributed by atoms with Gasteiger partial charge in [0.25, 0.3) is 0 Å². The molecule has 0 aliphatic heterocycles. The van der Waals surface area contributed by atoms with E-state index in [9.17, 15) is 9.90 Å². The van der Waals surface area contributed by atoms with Crippen LogP contribution in [0.25, 0.3) is 0 Å². The molecule has 2 amide bonds. The number of carbonyl (C=O) groups is 1. The standard InChI is InChI=1S/C22H27N5O2/c1-22(2,3)17-9-7-16(8-10-17)19(28)14-24-21(29)25-20-11-13-27(26-20)15-18-6-4-5-12-23-18/h4-13,19,28H,14-15H2,1-3H3,(H2,24,25,26,29). The Kier molecular flexibility index (Phi) is 6.29. The first-order valence-electron chi connectivity index (χ1n) is 9.58. The lowest BCUT2D eigenvalue weighted by Crippen LogP contribution is -2.32. The van der Waals surface area contributed by atoms with Gasteiger partial charge in [-0.2, -0.15) is 5.10 Å². The highest BCUT2D eigenvalue weighted by Crippen LogP contribution is 2.23. The number of rotatable bonds is 6. The molecule has 0 aliphatic carbocycles. The number of pyridine rings is 1. The van der Waals surface area contributed by atoms with Crippen LogP contribution in [0.15, 0.2) is 60.9 Å². The van der Waals surface area contributed by atoms with Crippen molar-refractivity contribution in [3.63, 3.8) is 0 Å². The second kappa shape index (κ2) is 8.87. The van der Waals surface area contributed by atoms with E-state index in [1.54, 1.807) is 23.1 Å². The van der Waals surface area contributed by atoms with Gasteiger partial charge in [-0.1, -0.05) is 51.1 Å².